The topological polar surface area (TPSA) is 56.5 Å². The van der Waals surface area contributed by atoms with E-state index in [-0.39, 0.29) is 0 Å². The Balaban J connectivity index is 1.62. The van der Waals surface area contributed by atoms with Crippen LogP contribution in [0.2, 0.25) is 0 Å². The van der Waals surface area contributed by atoms with Gasteiger partial charge in [0.25, 0.3) is 0 Å². The standard InChI is InChI=1S/C14H22N2O3/c1-2-16-11-12(10-15-16)9-13(17)3-5-14(6-4-13)18-7-8-19-14/h10-11,17H,2-9H2,1H3. The first-order valence-corrected chi connectivity index (χ1v) is 7.15. The molecule has 5 heteroatoms. The van der Waals surface area contributed by atoms with Gasteiger partial charge in [0, 0.05) is 32.0 Å². The predicted molar refractivity (Wildman–Crippen MR) is 69.7 cm³/mol. The molecule has 1 spiro atoms. The van der Waals surface area contributed by atoms with Gasteiger partial charge in [0.1, 0.15) is 0 Å². The van der Waals surface area contributed by atoms with Crippen molar-refractivity contribution in [2.75, 3.05) is 13.2 Å². The third-order valence-electron chi connectivity index (χ3n) is 4.30. The molecule has 2 fully saturated rings. The van der Waals surface area contributed by atoms with Gasteiger partial charge in [0.15, 0.2) is 5.79 Å². The Kier molecular flexibility index (Phi) is 3.37. The monoisotopic (exact) mass is 266 g/mol. The maximum Gasteiger partial charge on any atom is 0.168 e. The first-order valence-electron chi connectivity index (χ1n) is 7.15. The molecular weight excluding hydrogens is 244 g/mol. The number of aromatic nitrogens is 2. The molecule has 3 rings (SSSR count). The molecule has 2 heterocycles. The Bertz CT molecular complexity index is 428. The summed E-state index contributed by atoms with van der Waals surface area (Å²) in [5.41, 5.74) is 0.468. The van der Waals surface area contributed by atoms with Crippen molar-refractivity contribution in [3.8, 4) is 0 Å². The first-order chi connectivity index (χ1) is 9.13. The lowest BCUT2D eigenvalue weighted by Gasteiger charge is -2.40. The van der Waals surface area contributed by atoms with Gasteiger partial charge in [-0.25, -0.2) is 0 Å². The van der Waals surface area contributed by atoms with Crippen molar-refractivity contribution in [1.82, 2.24) is 9.78 Å². The highest BCUT2D eigenvalue weighted by Crippen LogP contribution is 2.41. The van der Waals surface area contributed by atoms with Crippen LogP contribution >= 0.6 is 0 Å². The number of nitrogens with zero attached hydrogens (tertiary/aromatic N) is 2. The van der Waals surface area contributed by atoms with E-state index in [2.05, 4.69) is 12.0 Å². The molecule has 1 aliphatic heterocycles. The minimum atomic E-state index is -0.637. The second-order valence-corrected chi connectivity index (χ2v) is 5.71. The average Bonchev–Trinajstić information content (AvgIpc) is 3.04. The zero-order chi connectivity index (χ0) is 13.3. The van der Waals surface area contributed by atoms with Crippen molar-refractivity contribution in [2.24, 2.45) is 0 Å². The molecule has 5 nitrogen and oxygen atoms in total. The number of hydrogen-bond donors (Lipinski definition) is 1. The van der Waals surface area contributed by atoms with Crippen molar-refractivity contribution in [3.63, 3.8) is 0 Å². The summed E-state index contributed by atoms with van der Waals surface area (Å²) in [5, 5.41) is 15.0. The number of hydrogen-bond acceptors (Lipinski definition) is 4. The SMILES string of the molecule is CCn1cc(CC2(O)CCC3(CC2)OCCO3)cn1. The van der Waals surface area contributed by atoms with Gasteiger partial charge >= 0.3 is 0 Å². The van der Waals surface area contributed by atoms with E-state index in [1.54, 1.807) is 0 Å². The van der Waals surface area contributed by atoms with Gasteiger partial charge in [-0.15, -0.1) is 0 Å². The molecule has 0 radical (unpaired) electrons. The van der Waals surface area contributed by atoms with Crippen molar-refractivity contribution >= 4 is 0 Å². The lowest BCUT2D eigenvalue weighted by molar-refractivity contribution is -0.202. The maximum absolute atomic E-state index is 10.7. The summed E-state index contributed by atoms with van der Waals surface area (Å²) in [5.74, 6) is -0.403. The average molecular weight is 266 g/mol. The molecule has 1 aromatic heterocycles. The van der Waals surface area contributed by atoms with Gasteiger partial charge in [0.2, 0.25) is 0 Å². The van der Waals surface area contributed by atoms with Crippen LogP contribution in [-0.2, 0) is 22.4 Å². The molecule has 0 atom stereocenters. The molecule has 0 amide bonds. The van der Waals surface area contributed by atoms with Crippen LogP contribution in [0, 0.1) is 0 Å². The fourth-order valence-corrected chi connectivity index (χ4v) is 3.11. The lowest BCUT2D eigenvalue weighted by Crippen LogP contribution is -2.44. The maximum atomic E-state index is 10.7. The number of rotatable bonds is 3. The second-order valence-electron chi connectivity index (χ2n) is 5.71. The van der Waals surface area contributed by atoms with Crippen molar-refractivity contribution < 1.29 is 14.6 Å². The Morgan fingerprint density at radius 1 is 1.26 bits per heavy atom. The van der Waals surface area contributed by atoms with E-state index in [9.17, 15) is 5.11 Å². The van der Waals surface area contributed by atoms with Gasteiger partial charge in [0.05, 0.1) is 25.0 Å². The largest absolute Gasteiger partial charge is 0.390 e. The van der Waals surface area contributed by atoms with Gasteiger partial charge in [-0.2, -0.15) is 5.10 Å². The number of aliphatic hydroxyl groups is 1. The Morgan fingerprint density at radius 2 is 1.95 bits per heavy atom. The molecular formula is C14H22N2O3. The third-order valence-corrected chi connectivity index (χ3v) is 4.30. The van der Waals surface area contributed by atoms with Crippen molar-refractivity contribution in [1.29, 1.82) is 0 Å². The van der Waals surface area contributed by atoms with Crippen molar-refractivity contribution in [3.05, 3.63) is 18.0 Å². The van der Waals surface area contributed by atoms with Crippen molar-refractivity contribution in [2.45, 2.75) is 57.0 Å². The molecule has 0 unspecified atom stereocenters. The number of aryl methyl sites for hydroxylation is 1. The normalized spacial score (nSPS) is 24.9. The molecule has 0 bridgehead atoms. The molecule has 2 aliphatic rings. The van der Waals surface area contributed by atoms with Gasteiger partial charge in [-0.1, -0.05) is 0 Å². The van der Waals surface area contributed by atoms with Crippen LogP contribution in [0.3, 0.4) is 0 Å². The van der Waals surface area contributed by atoms with E-state index in [0.717, 1.165) is 37.8 Å². The summed E-state index contributed by atoms with van der Waals surface area (Å²) in [6.45, 7) is 4.29. The molecule has 106 valence electrons. The van der Waals surface area contributed by atoms with Crippen LogP contribution in [0.15, 0.2) is 12.4 Å². The number of ether oxygens (including phenoxy) is 2. The van der Waals surface area contributed by atoms with E-state index in [4.69, 9.17) is 9.47 Å². The summed E-state index contributed by atoms with van der Waals surface area (Å²) in [6.07, 6.45) is 7.56. The fourth-order valence-electron chi connectivity index (χ4n) is 3.11. The Labute approximate surface area is 113 Å². The third kappa shape index (κ3) is 2.68. The van der Waals surface area contributed by atoms with Gasteiger partial charge in [-0.3, -0.25) is 4.68 Å². The molecule has 0 aromatic carbocycles. The van der Waals surface area contributed by atoms with Gasteiger partial charge < -0.3 is 14.6 Å². The van der Waals surface area contributed by atoms with Crippen LogP contribution in [0.5, 0.6) is 0 Å². The van der Waals surface area contributed by atoms with E-state index in [1.807, 2.05) is 17.1 Å². The zero-order valence-corrected chi connectivity index (χ0v) is 11.5. The van der Waals surface area contributed by atoms with Crippen LogP contribution < -0.4 is 0 Å². The minimum absolute atomic E-state index is 0.403. The van der Waals surface area contributed by atoms with Crippen LogP contribution in [0.1, 0.15) is 38.2 Å². The first kappa shape index (κ1) is 13.1. The quantitative estimate of drug-likeness (QED) is 0.900. The van der Waals surface area contributed by atoms with E-state index in [0.29, 0.717) is 19.6 Å². The second kappa shape index (κ2) is 4.89. The minimum Gasteiger partial charge on any atom is -0.390 e. The predicted octanol–water partition coefficient (Wildman–Crippen LogP) is 1.49. The summed E-state index contributed by atoms with van der Waals surface area (Å²) < 4.78 is 13.3. The van der Waals surface area contributed by atoms with Gasteiger partial charge in [-0.05, 0) is 25.3 Å². The Morgan fingerprint density at radius 3 is 2.53 bits per heavy atom. The molecule has 1 N–H and O–H groups in total. The van der Waals surface area contributed by atoms with Crippen LogP contribution in [0.4, 0.5) is 0 Å². The fraction of sp³-hybridized carbons (Fsp3) is 0.786. The molecule has 1 aromatic rings. The Hall–Kier alpha value is -0.910. The summed E-state index contributed by atoms with van der Waals surface area (Å²) in [7, 11) is 0. The summed E-state index contributed by atoms with van der Waals surface area (Å²) in [4.78, 5) is 0. The van der Waals surface area contributed by atoms with E-state index >= 15 is 0 Å². The highest BCUT2D eigenvalue weighted by Gasteiger charge is 2.45. The molecule has 19 heavy (non-hydrogen) atoms. The molecule has 1 saturated carbocycles. The van der Waals surface area contributed by atoms with Crippen LogP contribution in [0.25, 0.3) is 0 Å². The molecule has 1 saturated heterocycles. The van der Waals surface area contributed by atoms with Crippen LogP contribution in [-0.4, -0.2) is 39.5 Å². The van der Waals surface area contributed by atoms with E-state index in [1.165, 1.54) is 0 Å². The summed E-state index contributed by atoms with van der Waals surface area (Å²) in [6, 6.07) is 0. The summed E-state index contributed by atoms with van der Waals surface area (Å²) >= 11 is 0. The highest BCUT2D eigenvalue weighted by molar-refractivity contribution is 5.09. The zero-order valence-electron chi connectivity index (χ0n) is 11.5. The molecule has 1 aliphatic carbocycles. The highest BCUT2D eigenvalue weighted by atomic mass is 16.7. The smallest absolute Gasteiger partial charge is 0.168 e. The lowest BCUT2D eigenvalue weighted by atomic mass is 9.78. The van der Waals surface area contributed by atoms with E-state index < -0.39 is 11.4 Å².